The van der Waals surface area contributed by atoms with Gasteiger partial charge in [-0.25, -0.2) is 0 Å². The van der Waals surface area contributed by atoms with Crippen LogP contribution in [0, 0.1) is 10.1 Å². The van der Waals surface area contributed by atoms with Gasteiger partial charge < -0.3 is 0 Å². The predicted molar refractivity (Wildman–Crippen MR) is 70.7 cm³/mol. The SMILES string of the molecule is CC1(C)C2=CC=CCC2c2cccc([N+](=O)[O-])c21. The summed E-state index contributed by atoms with van der Waals surface area (Å²) in [6, 6.07) is 5.45. The number of nitrogens with zero attached hydrogens (tertiary/aromatic N) is 1. The van der Waals surface area contributed by atoms with Crippen molar-refractivity contribution in [1.82, 2.24) is 0 Å². The Labute approximate surface area is 106 Å². The molecule has 0 saturated heterocycles. The van der Waals surface area contributed by atoms with Gasteiger partial charge in [-0.2, -0.15) is 0 Å². The van der Waals surface area contributed by atoms with Crippen LogP contribution >= 0.6 is 0 Å². The van der Waals surface area contributed by atoms with Crippen molar-refractivity contribution in [2.75, 3.05) is 0 Å². The van der Waals surface area contributed by atoms with Crippen LogP contribution in [-0.2, 0) is 5.41 Å². The summed E-state index contributed by atoms with van der Waals surface area (Å²) in [5.74, 6) is 0.319. The molecular weight excluding hydrogens is 226 g/mol. The van der Waals surface area contributed by atoms with Crippen LogP contribution in [-0.4, -0.2) is 4.92 Å². The number of rotatable bonds is 1. The molecule has 3 rings (SSSR count). The Balaban J connectivity index is 2.31. The van der Waals surface area contributed by atoms with Crippen LogP contribution < -0.4 is 0 Å². The van der Waals surface area contributed by atoms with Crippen LogP contribution in [0.3, 0.4) is 0 Å². The summed E-state index contributed by atoms with van der Waals surface area (Å²) in [4.78, 5) is 11.0. The molecule has 0 radical (unpaired) electrons. The fourth-order valence-electron chi connectivity index (χ4n) is 3.39. The Bertz CT molecular complexity index is 597. The van der Waals surface area contributed by atoms with Crippen LogP contribution in [0.5, 0.6) is 0 Å². The van der Waals surface area contributed by atoms with Crippen molar-refractivity contribution in [2.24, 2.45) is 0 Å². The highest BCUT2D eigenvalue weighted by molar-refractivity contribution is 5.63. The number of nitro benzene ring substituents is 1. The van der Waals surface area contributed by atoms with Gasteiger partial charge in [0.2, 0.25) is 0 Å². The maximum absolute atomic E-state index is 11.2. The molecule has 0 amide bonds. The van der Waals surface area contributed by atoms with E-state index in [1.807, 2.05) is 6.07 Å². The lowest BCUT2D eigenvalue weighted by molar-refractivity contribution is -0.385. The summed E-state index contributed by atoms with van der Waals surface area (Å²) >= 11 is 0. The van der Waals surface area contributed by atoms with E-state index in [4.69, 9.17) is 0 Å². The van der Waals surface area contributed by atoms with Crippen LogP contribution in [0.4, 0.5) is 5.69 Å². The van der Waals surface area contributed by atoms with Gasteiger partial charge in [0.25, 0.3) is 5.69 Å². The van der Waals surface area contributed by atoms with Crippen LogP contribution in [0.15, 0.2) is 42.0 Å². The number of fused-ring (bicyclic) bond motifs is 3. The van der Waals surface area contributed by atoms with Gasteiger partial charge in [0.15, 0.2) is 0 Å². The van der Waals surface area contributed by atoms with Crippen molar-refractivity contribution in [2.45, 2.75) is 31.6 Å². The fourth-order valence-corrected chi connectivity index (χ4v) is 3.39. The van der Waals surface area contributed by atoms with E-state index in [0.717, 1.165) is 17.5 Å². The number of benzene rings is 1. The molecule has 2 aliphatic carbocycles. The minimum absolute atomic E-state index is 0.242. The molecule has 0 fully saturated rings. The number of hydrogen-bond donors (Lipinski definition) is 0. The van der Waals surface area contributed by atoms with E-state index >= 15 is 0 Å². The van der Waals surface area contributed by atoms with Gasteiger partial charge >= 0.3 is 0 Å². The molecule has 3 heteroatoms. The average molecular weight is 241 g/mol. The minimum Gasteiger partial charge on any atom is -0.258 e. The molecule has 1 atom stereocenters. The molecule has 0 spiro atoms. The number of nitro groups is 1. The van der Waals surface area contributed by atoms with Crippen LogP contribution in [0.1, 0.15) is 37.3 Å². The predicted octanol–water partition coefficient (Wildman–Crippen LogP) is 3.86. The van der Waals surface area contributed by atoms with Crippen molar-refractivity contribution in [3.05, 3.63) is 63.2 Å². The number of allylic oxidation sites excluding steroid dienone is 4. The van der Waals surface area contributed by atoms with Crippen LogP contribution in [0.25, 0.3) is 0 Å². The van der Waals surface area contributed by atoms with Gasteiger partial charge in [-0.1, -0.05) is 49.8 Å². The molecule has 0 heterocycles. The lowest BCUT2D eigenvalue weighted by atomic mass is 9.78. The average Bonchev–Trinajstić information content (AvgIpc) is 2.60. The highest BCUT2D eigenvalue weighted by atomic mass is 16.6. The largest absolute Gasteiger partial charge is 0.273 e. The first-order valence-electron chi connectivity index (χ1n) is 6.18. The normalized spacial score (nSPS) is 23.2. The molecule has 2 aliphatic rings. The van der Waals surface area contributed by atoms with E-state index in [2.05, 4.69) is 32.1 Å². The molecule has 1 unspecified atom stereocenters. The van der Waals surface area contributed by atoms with Gasteiger partial charge in [0.1, 0.15) is 0 Å². The van der Waals surface area contributed by atoms with Gasteiger partial charge in [0.05, 0.1) is 4.92 Å². The summed E-state index contributed by atoms with van der Waals surface area (Å²) in [5, 5.41) is 11.2. The summed E-state index contributed by atoms with van der Waals surface area (Å²) in [6.07, 6.45) is 7.27. The zero-order chi connectivity index (χ0) is 12.9. The molecule has 92 valence electrons. The van der Waals surface area contributed by atoms with Crippen molar-refractivity contribution < 1.29 is 4.92 Å². The van der Waals surface area contributed by atoms with E-state index in [-0.39, 0.29) is 16.0 Å². The van der Waals surface area contributed by atoms with E-state index in [1.165, 1.54) is 5.57 Å². The Morgan fingerprint density at radius 2 is 2.17 bits per heavy atom. The van der Waals surface area contributed by atoms with E-state index in [9.17, 15) is 10.1 Å². The topological polar surface area (TPSA) is 43.1 Å². The Hall–Kier alpha value is -1.90. The van der Waals surface area contributed by atoms with Gasteiger partial charge in [0, 0.05) is 23.0 Å². The van der Waals surface area contributed by atoms with Crippen molar-refractivity contribution in [1.29, 1.82) is 0 Å². The molecule has 1 aromatic carbocycles. The second-order valence-corrected chi connectivity index (χ2v) is 5.46. The maximum Gasteiger partial charge on any atom is 0.273 e. The minimum atomic E-state index is -0.258. The van der Waals surface area contributed by atoms with Crippen molar-refractivity contribution in [3.63, 3.8) is 0 Å². The van der Waals surface area contributed by atoms with E-state index in [1.54, 1.807) is 12.1 Å². The summed E-state index contributed by atoms with van der Waals surface area (Å²) in [6.45, 7) is 4.17. The molecule has 0 saturated carbocycles. The first-order chi connectivity index (χ1) is 8.53. The van der Waals surface area contributed by atoms with Crippen molar-refractivity contribution in [3.8, 4) is 0 Å². The lowest BCUT2D eigenvalue weighted by Crippen LogP contribution is -2.18. The lowest BCUT2D eigenvalue weighted by Gasteiger charge is -2.24. The van der Waals surface area contributed by atoms with Crippen molar-refractivity contribution >= 4 is 5.69 Å². The van der Waals surface area contributed by atoms with E-state index < -0.39 is 0 Å². The first-order valence-corrected chi connectivity index (χ1v) is 6.18. The fraction of sp³-hybridized carbons (Fsp3) is 0.333. The molecular formula is C15H15NO2. The molecule has 3 nitrogen and oxygen atoms in total. The number of hydrogen-bond acceptors (Lipinski definition) is 2. The third-order valence-corrected chi connectivity index (χ3v) is 4.15. The molecule has 0 aromatic heterocycles. The quantitative estimate of drug-likeness (QED) is 0.553. The zero-order valence-corrected chi connectivity index (χ0v) is 10.5. The van der Waals surface area contributed by atoms with Gasteiger partial charge in [-0.15, -0.1) is 0 Å². The highest BCUT2D eigenvalue weighted by Crippen LogP contribution is 2.55. The molecule has 1 aromatic rings. The smallest absolute Gasteiger partial charge is 0.258 e. The standard InChI is InChI=1S/C15H15NO2/c1-15(2)12-8-4-3-6-10(12)11-7-5-9-13(14(11)15)16(17)18/h3-5,7-10H,6H2,1-2H3. The molecule has 0 N–H and O–H groups in total. The monoisotopic (exact) mass is 241 g/mol. The molecule has 0 bridgehead atoms. The molecule has 18 heavy (non-hydrogen) atoms. The second-order valence-electron chi connectivity index (χ2n) is 5.46. The third kappa shape index (κ3) is 1.30. The van der Waals surface area contributed by atoms with Crippen LogP contribution in [0.2, 0.25) is 0 Å². The summed E-state index contributed by atoms with van der Waals surface area (Å²) in [5.41, 5.74) is 3.34. The highest BCUT2D eigenvalue weighted by Gasteiger charge is 2.45. The second kappa shape index (κ2) is 3.55. The summed E-state index contributed by atoms with van der Waals surface area (Å²) in [7, 11) is 0. The van der Waals surface area contributed by atoms with Gasteiger partial charge in [-0.3, -0.25) is 10.1 Å². The maximum atomic E-state index is 11.2. The first kappa shape index (κ1) is 11.2. The third-order valence-electron chi connectivity index (χ3n) is 4.15. The zero-order valence-electron chi connectivity index (χ0n) is 10.5. The van der Waals surface area contributed by atoms with E-state index in [0.29, 0.717) is 5.92 Å². The molecule has 0 aliphatic heterocycles. The Kier molecular flexibility index (Phi) is 2.21. The Morgan fingerprint density at radius 3 is 2.89 bits per heavy atom. The Morgan fingerprint density at radius 1 is 1.39 bits per heavy atom. The summed E-state index contributed by atoms with van der Waals surface area (Å²) < 4.78 is 0. The van der Waals surface area contributed by atoms with Gasteiger partial charge in [-0.05, 0) is 12.0 Å².